The number of rotatable bonds is 7. The smallest absolute Gasteiger partial charge is 0.229 e. The number of fused-ring (bicyclic) bond motifs is 2. The number of carbonyl (C=O) groups excluding carboxylic acids is 1. The first-order valence-electron chi connectivity index (χ1n) is 11.6. The van der Waals surface area contributed by atoms with Crippen LogP contribution in [0.4, 0.5) is 17.3 Å². The van der Waals surface area contributed by atoms with Gasteiger partial charge < -0.3 is 25.8 Å². The molecule has 0 aliphatic carbocycles. The molecule has 0 spiro atoms. The minimum atomic E-state index is 0.121. The molecular formula is C25H29N7OS. The third kappa shape index (κ3) is 4.36. The fourth-order valence-corrected chi connectivity index (χ4v) is 5.61. The van der Waals surface area contributed by atoms with Gasteiger partial charge in [-0.15, -0.1) is 11.3 Å². The molecule has 0 unspecified atom stereocenters. The van der Waals surface area contributed by atoms with Crippen molar-refractivity contribution in [2.45, 2.75) is 26.8 Å². The lowest BCUT2D eigenvalue weighted by Crippen LogP contribution is -2.33. The number of benzene rings is 1. The minimum Gasteiger partial charge on any atom is -0.370 e. The van der Waals surface area contributed by atoms with Crippen molar-refractivity contribution in [3.8, 4) is 10.6 Å². The fraction of sp³-hybridized carbons (Fsp3) is 0.320. The molecule has 34 heavy (non-hydrogen) atoms. The number of nitrogens with one attached hydrogen (secondary N) is 2. The number of H-pyrrole nitrogens is 1. The van der Waals surface area contributed by atoms with Gasteiger partial charge in [-0.25, -0.2) is 4.98 Å². The number of hydrogen-bond acceptors (Lipinski definition) is 7. The molecule has 1 amide bonds. The summed E-state index contributed by atoms with van der Waals surface area (Å²) in [6.07, 6.45) is 2.78. The number of aromatic nitrogens is 3. The quantitative estimate of drug-likeness (QED) is 0.372. The van der Waals surface area contributed by atoms with E-state index in [1.54, 1.807) is 18.3 Å². The normalized spacial score (nSPS) is 13.2. The van der Waals surface area contributed by atoms with E-state index in [2.05, 4.69) is 40.3 Å². The maximum Gasteiger partial charge on any atom is 0.229 e. The molecule has 0 atom stereocenters. The highest BCUT2D eigenvalue weighted by atomic mass is 32.1. The Bertz CT molecular complexity index is 1330. The van der Waals surface area contributed by atoms with E-state index in [1.165, 1.54) is 10.4 Å². The summed E-state index contributed by atoms with van der Waals surface area (Å²) in [7, 11) is 0. The van der Waals surface area contributed by atoms with Crippen molar-refractivity contribution in [3.63, 3.8) is 0 Å². The Morgan fingerprint density at radius 2 is 2.18 bits per heavy atom. The molecule has 8 nitrogen and oxygen atoms in total. The van der Waals surface area contributed by atoms with Gasteiger partial charge in [0, 0.05) is 67.5 Å². The van der Waals surface area contributed by atoms with Crippen LogP contribution in [0.5, 0.6) is 0 Å². The van der Waals surface area contributed by atoms with Crippen molar-refractivity contribution < 1.29 is 4.79 Å². The van der Waals surface area contributed by atoms with Gasteiger partial charge in [0.25, 0.3) is 0 Å². The highest BCUT2D eigenvalue weighted by molar-refractivity contribution is 7.15. The summed E-state index contributed by atoms with van der Waals surface area (Å²) in [6.45, 7) is 7.50. The molecule has 0 saturated heterocycles. The Balaban J connectivity index is 1.48. The van der Waals surface area contributed by atoms with Crippen molar-refractivity contribution in [1.29, 1.82) is 0 Å². The van der Waals surface area contributed by atoms with Crippen LogP contribution in [0.25, 0.3) is 21.6 Å². The molecule has 0 saturated carbocycles. The lowest BCUT2D eigenvalue weighted by molar-refractivity contribution is -0.129. The average molecular weight is 476 g/mol. The van der Waals surface area contributed by atoms with Crippen molar-refractivity contribution in [2.75, 3.05) is 36.4 Å². The highest BCUT2D eigenvalue weighted by Crippen LogP contribution is 2.37. The molecule has 3 aromatic heterocycles. The minimum absolute atomic E-state index is 0.121. The van der Waals surface area contributed by atoms with Crippen LogP contribution in [0, 0.1) is 0 Å². The largest absolute Gasteiger partial charge is 0.370 e. The predicted molar refractivity (Wildman–Crippen MR) is 139 cm³/mol. The number of nitrogens with zero attached hydrogens (tertiary/aromatic N) is 4. The number of anilines is 3. The van der Waals surface area contributed by atoms with Crippen LogP contribution in [0.3, 0.4) is 0 Å². The lowest BCUT2D eigenvalue weighted by atomic mass is 10.1. The first-order chi connectivity index (χ1) is 16.6. The van der Waals surface area contributed by atoms with E-state index in [0.29, 0.717) is 19.0 Å². The molecule has 1 aliphatic heterocycles. The van der Waals surface area contributed by atoms with Crippen LogP contribution >= 0.6 is 11.3 Å². The molecule has 0 fully saturated rings. The number of thiophene rings is 1. The van der Waals surface area contributed by atoms with E-state index in [4.69, 9.17) is 15.7 Å². The zero-order valence-electron chi connectivity index (χ0n) is 19.5. The van der Waals surface area contributed by atoms with E-state index in [-0.39, 0.29) is 5.91 Å². The van der Waals surface area contributed by atoms with Gasteiger partial charge in [-0.1, -0.05) is 6.07 Å². The summed E-state index contributed by atoms with van der Waals surface area (Å²) < 4.78 is 0. The Labute approximate surface area is 202 Å². The Kier molecular flexibility index (Phi) is 6.21. The van der Waals surface area contributed by atoms with E-state index < -0.39 is 0 Å². The van der Waals surface area contributed by atoms with E-state index in [0.717, 1.165) is 59.0 Å². The van der Waals surface area contributed by atoms with Crippen LogP contribution in [0.1, 0.15) is 24.3 Å². The van der Waals surface area contributed by atoms with E-state index >= 15 is 0 Å². The first-order valence-corrected chi connectivity index (χ1v) is 12.4. The summed E-state index contributed by atoms with van der Waals surface area (Å²) in [6, 6.07) is 12.4. The van der Waals surface area contributed by atoms with Crippen LogP contribution in [-0.4, -0.2) is 51.9 Å². The Morgan fingerprint density at radius 1 is 1.29 bits per heavy atom. The molecule has 0 bridgehead atoms. The van der Waals surface area contributed by atoms with Gasteiger partial charge in [0.05, 0.1) is 10.6 Å². The summed E-state index contributed by atoms with van der Waals surface area (Å²) in [5, 5.41) is 4.38. The van der Waals surface area contributed by atoms with Gasteiger partial charge in [0.2, 0.25) is 11.9 Å². The van der Waals surface area contributed by atoms with E-state index in [9.17, 15) is 4.79 Å². The summed E-state index contributed by atoms with van der Waals surface area (Å²) in [5.74, 6) is 0.663. The van der Waals surface area contributed by atoms with Crippen LogP contribution < -0.4 is 16.0 Å². The number of likely N-dealkylation sites (N-methyl/N-ethyl adjacent to an activating group) is 1. The second-order valence-corrected chi connectivity index (χ2v) is 9.57. The molecule has 1 aliphatic rings. The van der Waals surface area contributed by atoms with Crippen LogP contribution in [0.2, 0.25) is 0 Å². The van der Waals surface area contributed by atoms with Gasteiger partial charge >= 0.3 is 0 Å². The molecule has 0 radical (unpaired) electrons. The Morgan fingerprint density at radius 3 is 2.97 bits per heavy atom. The number of hydrogen-bond donors (Lipinski definition) is 3. The van der Waals surface area contributed by atoms with Gasteiger partial charge in [-0.05, 0) is 49.2 Å². The fourth-order valence-electron chi connectivity index (χ4n) is 4.44. The third-order valence-corrected chi connectivity index (χ3v) is 7.45. The second-order valence-electron chi connectivity index (χ2n) is 8.43. The SMILES string of the molecule is CCN(CCN)c1cccc(Nc2nc(-c3cc4c(s3)CCN(C(C)=O)C4)c3cc[nH]c3n2)c1. The maximum absolute atomic E-state index is 11.9. The molecule has 1 aromatic carbocycles. The summed E-state index contributed by atoms with van der Waals surface area (Å²) in [4.78, 5) is 31.3. The standard InChI is InChI=1S/C25H29N7OS/c1-3-31(12-9-26)19-6-4-5-18(14-19)28-25-29-23(20-7-10-27-24(20)30-25)22-13-17-15-32(16(2)33)11-8-21(17)34-22/h4-7,10,13-14H,3,8-9,11-12,15,26H2,1-2H3,(H2,27,28,29,30). The zero-order chi connectivity index (χ0) is 23.7. The van der Waals surface area contributed by atoms with E-state index in [1.807, 2.05) is 29.3 Å². The molecule has 4 aromatic rings. The van der Waals surface area contributed by atoms with Crippen molar-refractivity contribution >= 4 is 45.6 Å². The Hall–Kier alpha value is -3.43. The van der Waals surface area contributed by atoms with Crippen molar-refractivity contribution in [2.24, 2.45) is 5.73 Å². The molecule has 176 valence electrons. The highest BCUT2D eigenvalue weighted by Gasteiger charge is 2.23. The van der Waals surface area contributed by atoms with Gasteiger partial charge in [-0.3, -0.25) is 4.79 Å². The van der Waals surface area contributed by atoms with Crippen molar-refractivity contribution in [1.82, 2.24) is 19.9 Å². The third-order valence-electron chi connectivity index (χ3n) is 6.21. The summed E-state index contributed by atoms with van der Waals surface area (Å²) >= 11 is 1.76. The number of carbonyl (C=O) groups is 1. The van der Waals surface area contributed by atoms with Crippen LogP contribution in [0.15, 0.2) is 42.6 Å². The topological polar surface area (TPSA) is 103 Å². The number of aromatic amines is 1. The first kappa shape index (κ1) is 22.4. The monoisotopic (exact) mass is 475 g/mol. The molecule has 5 rings (SSSR count). The predicted octanol–water partition coefficient (Wildman–Crippen LogP) is 4.12. The molecule has 9 heteroatoms. The van der Waals surface area contributed by atoms with Crippen LogP contribution in [-0.2, 0) is 17.8 Å². The zero-order valence-corrected chi connectivity index (χ0v) is 20.3. The second kappa shape index (κ2) is 9.44. The summed E-state index contributed by atoms with van der Waals surface area (Å²) in [5.41, 5.74) is 10.7. The van der Waals surface area contributed by atoms with Gasteiger partial charge in [-0.2, -0.15) is 4.98 Å². The van der Waals surface area contributed by atoms with Crippen molar-refractivity contribution in [3.05, 3.63) is 53.0 Å². The average Bonchev–Trinajstić information content (AvgIpc) is 3.48. The lowest BCUT2D eigenvalue weighted by Gasteiger charge is -2.25. The molecule has 4 heterocycles. The molecule has 4 N–H and O–H groups in total. The number of amides is 1. The van der Waals surface area contributed by atoms with Gasteiger partial charge in [0.1, 0.15) is 5.65 Å². The maximum atomic E-state index is 11.9. The number of nitrogens with two attached hydrogens (primary N) is 1. The molecular weight excluding hydrogens is 446 g/mol. The van der Waals surface area contributed by atoms with Gasteiger partial charge in [0.15, 0.2) is 0 Å².